The van der Waals surface area contributed by atoms with Crippen molar-refractivity contribution >= 4 is 63.2 Å². The Kier molecular flexibility index (Phi) is 5.45. The highest BCUT2D eigenvalue weighted by Crippen LogP contribution is 2.42. The lowest BCUT2D eigenvalue weighted by atomic mass is 10.1. The van der Waals surface area contributed by atoms with E-state index in [1.54, 1.807) is 0 Å². The molecule has 1 aromatic heterocycles. The number of benzene rings is 5. The maximum absolute atomic E-state index is 9.68. The van der Waals surface area contributed by atoms with Gasteiger partial charge in [0.15, 0.2) is 8.07 Å². The maximum atomic E-state index is 9.68. The fraction of sp³-hybridized carbons (Fsp3) is 0. The van der Waals surface area contributed by atoms with Gasteiger partial charge < -0.3 is 4.90 Å². The van der Waals surface area contributed by atoms with Crippen LogP contribution < -0.4 is 30.5 Å². The third-order valence-corrected chi connectivity index (χ3v) is 13.2. The van der Waals surface area contributed by atoms with Crippen molar-refractivity contribution < 1.29 is 0 Å². The predicted molar refractivity (Wildman–Crippen MR) is 169 cm³/mol. The minimum atomic E-state index is -2.93. The molecule has 43 heavy (non-hydrogen) atoms. The monoisotopic (exact) mass is 567 g/mol. The van der Waals surface area contributed by atoms with Gasteiger partial charge in [-0.05, 0) is 57.1 Å². The Balaban J connectivity index is 1.51. The molecule has 0 saturated carbocycles. The van der Waals surface area contributed by atoms with Crippen LogP contribution in [-0.2, 0) is 0 Å². The minimum Gasteiger partial charge on any atom is -0.311 e. The van der Waals surface area contributed by atoms with Crippen LogP contribution in [0.5, 0.6) is 0 Å². The van der Waals surface area contributed by atoms with Crippen LogP contribution in [0.15, 0.2) is 127 Å². The number of nitriles is 2. The minimum absolute atomic E-state index is 0.0964. The molecule has 0 atom stereocenters. The Labute approximate surface area is 249 Å². The molecule has 3 heterocycles. The van der Waals surface area contributed by atoms with Gasteiger partial charge in [0, 0.05) is 28.4 Å². The van der Waals surface area contributed by atoms with Gasteiger partial charge in [-0.15, -0.1) is 0 Å². The number of hydrogen-bond donors (Lipinski definition) is 0. The van der Waals surface area contributed by atoms with Crippen LogP contribution in [0, 0.1) is 22.7 Å². The molecule has 200 valence electrons. The first kappa shape index (κ1) is 24.7. The van der Waals surface area contributed by atoms with Gasteiger partial charge in [-0.25, -0.2) is 0 Å². The molecule has 0 saturated heterocycles. The van der Waals surface area contributed by atoms with Crippen molar-refractivity contribution in [1.82, 2.24) is 15.0 Å². The summed E-state index contributed by atoms with van der Waals surface area (Å²) in [7, 11) is -2.93. The molecule has 5 aromatic carbocycles. The smallest absolute Gasteiger partial charge is 0.239 e. The number of rotatable bonds is 2. The molecule has 7 nitrogen and oxygen atoms in total. The summed E-state index contributed by atoms with van der Waals surface area (Å²) < 4.78 is 0. The molecule has 0 radical (unpaired) electrons. The van der Waals surface area contributed by atoms with Gasteiger partial charge in [0.25, 0.3) is 0 Å². The lowest BCUT2D eigenvalue weighted by Gasteiger charge is -2.49. The zero-order valence-corrected chi connectivity index (χ0v) is 23.8. The van der Waals surface area contributed by atoms with Crippen molar-refractivity contribution in [2.24, 2.45) is 0 Å². The average Bonchev–Trinajstić information content (AvgIpc) is 3.08. The van der Waals surface area contributed by atoms with Crippen LogP contribution >= 0.6 is 0 Å². The predicted octanol–water partition coefficient (Wildman–Crippen LogP) is 4.56. The first-order chi connectivity index (χ1) is 21.3. The number of aromatic nitrogens is 3. The van der Waals surface area contributed by atoms with Gasteiger partial charge in [0.1, 0.15) is 12.1 Å². The zero-order chi connectivity index (χ0) is 29.0. The highest BCUT2D eigenvalue weighted by molar-refractivity contribution is 7.23. The van der Waals surface area contributed by atoms with Crippen molar-refractivity contribution in [3.8, 4) is 12.1 Å². The van der Waals surface area contributed by atoms with Crippen molar-refractivity contribution in [3.63, 3.8) is 0 Å². The van der Waals surface area contributed by atoms with Crippen LogP contribution in [0.3, 0.4) is 0 Å². The van der Waals surface area contributed by atoms with E-state index in [0.717, 1.165) is 28.4 Å². The zero-order valence-electron chi connectivity index (χ0n) is 22.8. The number of anilines is 6. The first-order valence-electron chi connectivity index (χ1n) is 13.9. The Morgan fingerprint density at radius 1 is 0.442 bits per heavy atom. The average molecular weight is 568 g/mol. The van der Waals surface area contributed by atoms with Crippen LogP contribution in [0.4, 0.5) is 34.4 Å². The fourth-order valence-corrected chi connectivity index (χ4v) is 12.2. The van der Waals surface area contributed by atoms with E-state index in [9.17, 15) is 10.5 Å². The summed E-state index contributed by atoms with van der Waals surface area (Å²) in [6, 6.07) is 48.7. The summed E-state index contributed by atoms with van der Waals surface area (Å²) in [5.74, 6) is 0.0527. The SMILES string of the molecule is N#Cc1nc(C#N)nc(N2c3ccccc3[Si]3(c4ccccc4N(c4ccccc4)c4ccccc43)c3ccccc32)n1. The van der Waals surface area contributed by atoms with E-state index in [-0.39, 0.29) is 17.6 Å². The fourth-order valence-electron chi connectivity index (χ4n) is 6.71. The van der Waals surface area contributed by atoms with E-state index in [1.165, 1.54) is 20.7 Å². The third-order valence-electron chi connectivity index (χ3n) is 8.23. The Morgan fingerprint density at radius 2 is 0.814 bits per heavy atom. The number of fused-ring (bicyclic) bond motifs is 8. The van der Waals surface area contributed by atoms with Gasteiger partial charge in [0.05, 0.1) is 0 Å². The topological polar surface area (TPSA) is 92.7 Å². The molecule has 0 fully saturated rings. The maximum Gasteiger partial charge on any atom is 0.239 e. The van der Waals surface area contributed by atoms with Crippen molar-refractivity contribution in [3.05, 3.63) is 139 Å². The summed E-state index contributed by atoms with van der Waals surface area (Å²) in [5, 5.41) is 24.3. The first-order valence-corrected chi connectivity index (χ1v) is 15.9. The van der Waals surface area contributed by atoms with Crippen LogP contribution in [0.2, 0.25) is 0 Å². The van der Waals surface area contributed by atoms with Crippen molar-refractivity contribution in [1.29, 1.82) is 10.5 Å². The van der Waals surface area contributed by atoms with Crippen LogP contribution in [0.1, 0.15) is 11.6 Å². The molecule has 0 aliphatic carbocycles. The molecule has 8 rings (SSSR count). The molecule has 6 aromatic rings. The molecule has 2 aliphatic rings. The van der Waals surface area contributed by atoms with Crippen LogP contribution in [0.25, 0.3) is 0 Å². The molecule has 0 unspecified atom stereocenters. The van der Waals surface area contributed by atoms with Gasteiger partial charge in [-0.1, -0.05) is 91.0 Å². The molecule has 8 heteroatoms. The molecular formula is C35H21N7Si. The summed E-state index contributed by atoms with van der Waals surface area (Å²) in [4.78, 5) is 17.3. The normalized spacial score (nSPS) is 13.6. The second kappa shape index (κ2) is 9.49. The highest BCUT2D eigenvalue weighted by atomic mass is 28.3. The Hall–Kier alpha value is -6.09. The van der Waals surface area contributed by atoms with Crippen LogP contribution in [-0.4, -0.2) is 23.0 Å². The van der Waals surface area contributed by atoms with Gasteiger partial charge in [0.2, 0.25) is 17.6 Å². The Morgan fingerprint density at radius 3 is 1.23 bits per heavy atom. The highest BCUT2D eigenvalue weighted by Gasteiger charge is 2.54. The van der Waals surface area contributed by atoms with Crippen molar-refractivity contribution in [2.75, 3.05) is 9.80 Å². The molecule has 1 spiro atoms. The molecule has 2 aliphatic heterocycles. The largest absolute Gasteiger partial charge is 0.311 e. The van der Waals surface area contributed by atoms with E-state index >= 15 is 0 Å². The summed E-state index contributed by atoms with van der Waals surface area (Å²) in [5.41, 5.74) is 5.24. The number of hydrogen-bond acceptors (Lipinski definition) is 7. The molecule has 0 bridgehead atoms. The van der Waals surface area contributed by atoms with Crippen molar-refractivity contribution in [2.45, 2.75) is 0 Å². The molecule has 0 amide bonds. The number of para-hydroxylation sites is 5. The standard InChI is InChI=1S/C35H21N7Si/c36-22-33-38-34(23-37)40-35(39-33)42-27-16-6-10-20-31(27)43(32-21-11-7-17-28(32)42)29-18-8-4-14-25(29)41(24-12-2-1-3-13-24)26-15-5-9-19-30(26)43/h1-21H. The van der Waals surface area contributed by atoms with E-state index in [4.69, 9.17) is 0 Å². The lowest BCUT2D eigenvalue weighted by molar-refractivity contribution is 0.962. The molecule has 0 N–H and O–H groups in total. The van der Waals surface area contributed by atoms with Gasteiger partial charge >= 0.3 is 0 Å². The van der Waals surface area contributed by atoms with E-state index in [1.807, 2.05) is 35.2 Å². The van der Waals surface area contributed by atoms with E-state index < -0.39 is 8.07 Å². The van der Waals surface area contributed by atoms with E-state index in [2.05, 4.69) is 129 Å². The number of nitrogens with zero attached hydrogens (tertiary/aromatic N) is 7. The van der Waals surface area contributed by atoms with Gasteiger partial charge in [-0.3, -0.25) is 4.90 Å². The second-order valence-corrected chi connectivity index (χ2v) is 14.0. The van der Waals surface area contributed by atoms with Gasteiger partial charge in [-0.2, -0.15) is 25.5 Å². The quantitative estimate of drug-likeness (QED) is 0.283. The summed E-state index contributed by atoms with van der Waals surface area (Å²) in [6.45, 7) is 0. The summed E-state index contributed by atoms with van der Waals surface area (Å²) in [6.07, 6.45) is 0. The third kappa shape index (κ3) is 3.42. The van der Waals surface area contributed by atoms with E-state index in [0.29, 0.717) is 0 Å². The molecular weight excluding hydrogens is 547 g/mol. The lowest BCUT2D eigenvalue weighted by Crippen LogP contribution is -2.79. The summed E-state index contributed by atoms with van der Waals surface area (Å²) >= 11 is 0. The Bertz CT molecular complexity index is 2020. The second-order valence-electron chi connectivity index (χ2n) is 10.3.